The van der Waals surface area contributed by atoms with Crippen molar-refractivity contribution in [3.05, 3.63) is 16.8 Å². The zero-order valence-electron chi connectivity index (χ0n) is 9.35. The molecule has 2 aliphatic rings. The van der Waals surface area contributed by atoms with Crippen LogP contribution >= 0.6 is 35.1 Å². The number of nitrogens with two attached hydrogens (primary N) is 1. The number of carboxylic acid groups (broad SMARTS) is 1. The third kappa shape index (κ3) is 2.04. The maximum absolute atomic E-state index is 11.7. The molecule has 0 radical (unpaired) electrons. The largest absolute Gasteiger partial charge is 0.477 e. The van der Waals surface area contributed by atoms with Gasteiger partial charge in [-0.25, -0.2) is 4.79 Å². The summed E-state index contributed by atoms with van der Waals surface area (Å²) >= 11 is 3.95. The maximum atomic E-state index is 11.7. The summed E-state index contributed by atoms with van der Waals surface area (Å²) in [5, 5.41) is 12.8. The molecular weight excluding hydrogens is 308 g/mol. The number of fused-ring (bicyclic) bond motifs is 1. The number of hydrogen-bond acceptors (Lipinski definition) is 8. The molecule has 0 bridgehead atoms. The third-order valence-corrected chi connectivity index (χ3v) is 6.05. The minimum absolute atomic E-state index is 0.0360. The van der Waals surface area contributed by atoms with E-state index in [1.807, 2.05) is 0 Å². The zero-order valence-corrected chi connectivity index (χ0v) is 11.8. The molecule has 1 fully saturated rings. The highest BCUT2D eigenvalue weighted by molar-refractivity contribution is 8.07. The van der Waals surface area contributed by atoms with Crippen LogP contribution in [0.5, 0.6) is 0 Å². The summed E-state index contributed by atoms with van der Waals surface area (Å²) in [4.78, 5) is 25.0. The van der Waals surface area contributed by atoms with Crippen molar-refractivity contribution >= 4 is 46.9 Å². The van der Waals surface area contributed by atoms with E-state index >= 15 is 0 Å². The lowest BCUT2D eigenvalue weighted by Crippen LogP contribution is -2.68. The number of carboxylic acids is 1. The summed E-state index contributed by atoms with van der Waals surface area (Å²) in [6.07, 6.45) is 1.57. The number of aromatic nitrogens is 2. The Balaban J connectivity index is 1.95. The van der Waals surface area contributed by atoms with Gasteiger partial charge in [-0.1, -0.05) is 16.3 Å². The Morgan fingerprint density at radius 2 is 2.42 bits per heavy atom. The van der Waals surface area contributed by atoms with E-state index in [2.05, 4.69) is 9.59 Å². The molecule has 7 nitrogen and oxygen atoms in total. The first-order chi connectivity index (χ1) is 9.09. The molecule has 2 aliphatic heterocycles. The van der Waals surface area contributed by atoms with Crippen molar-refractivity contribution in [2.75, 3.05) is 5.75 Å². The van der Waals surface area contributed by atoms with E-state index in [0.717, 1.165) is 4.21 Å². The van der Waals surface area contributed by atoms with Crippen LogP contribution in [0.3, 0.4) is 0 Å². The Morgan fingerprint density at radius 3 is 3.05 bits per heavy atom. The second-order valence-corrected chi connectivity index (χ2v) is 7.14. The van der Waals surface area contributed by atoms with Crippen LogP contribution in [0.2, 0.25) is 0 Å². The van der Waals surface area contributed by atoms with Crippen LogP contribution in [0.25, 0.3) is 0 Å². The Morgan fingerprint density at radius 1 is 1.63 bits per heavy atom. The number of rotatable bonds is 3. The number of β-lactam (4-membered cyclic amide) rings is 1. The van der Waals surface area contributed by atoms with E-state index in [0.29, 0.717) is 10.7 Å². The van der Waals surface area contributed by atoms with Gasteiger partial charge in [0.15, 0.2) is 0 Å². The predicted molar refractivity (Wildman–Crippen MR) is 71.5 cm³/mol. The molecule has 1 aromatic heterocycles. The molecule has 3 rings (SSSR count). The molecule has 1 saturated heterocycles. The van der Waals surface area contributed by atoms with Gasteiger partial charge in [-0.15, -0.1) is 16.9 Å². The normalized spacial score (nSPS) is 26.2. The first-order valence-corrected chi connectivity index (χ1v) is 7.85. The highest BCUT2D eigenvalue weighted by Gasteiger charge is 2.51. The van der Waals surface area contributed by atoms with Gasteiger partial charge in [0.25, 0.3) is 0 Å². The van der Waals surface area contributed by atoms with E-state index in [4.69, 9.17) is 5.73 Å². The van der Waals surface area contributed by atoms with E-state index in [9.17, 15) is 14.7 Å². The smallest absolute Gasteiger partial charge is 0.353 e. The maximum Gasteiger partial charge on any atom is 0.353 e. The van der Waals surface area contributed by atoms with Crippen LogP contribution in [-0.2, 0) is 9.59 Å². The van der Waals surface area contributed by atoms with Gasteiger partial charge >= 0.3 is 5.97 Å². The van der Waals surface area contributed by atoms with Gasteiger partial charge in [-0.05, 0) is 11.5 Å². The molecule has 0 spiro atoms. The fourth-order valence-corrected chi connectivity index (χ4v) is 4.92. The molecule has 2 atom stereocenters. The van der Waals surface area contributed by atoms with Crippen LogP contribution in [-0.4, -0.2) is 48.6 Å². The van der Waals surface area contributed by atoms with E-state index in [1.54, 1.807) is 6.20 Å². The standard InChI is InChI=1S/C9H8N4O3S3/c10-5-7(14)13-6(9(15)16)3(2-17-8(5)13)18-4-1-11-12-19-4/h1,5,8H,2,10H2,(H,15,16)/t5-,8+/m1/s1. The first-order valence-electron chi connectivity index (χ1n) is 5.21. The van der Waals surface area contributed by atoms with Crippen molar-refractivity contribution in [2.45, 2.75) is 15.6 Å². The van der Waals surface area contributed by atoms with Gasteiger partial charge < -0.3 is 10.8 Å². The van der Waals surface area contributed by atoms with Crippen molar-refractivity contribution in [1.29, 1.82) is 0 Å². The van der Waals surface area contributed by atoms with Crippen LogP contribution in [0, 0.1) is 0 Å². The van der Waals surface area contributed by atoms with E-state index in [-0.39, 0.29) is 17.0 Å². The summed E-state index contributed by atoms with van der Waals surface area (Å²) in [6.45, 7) is 0. The van der Waals surface area contributed by atoms with E-state index < -0.39 is 12.0 Å². The van der Waals surface area contributed by atoms with Crippen molar-refractivity contribution in [3.8, 4) is 0 Å². The lowest BCUT2D eigenvalue weighted by Gasteiger charge is -2.47. The number of thioether (sulfide) groups is 2. The van der Waals surface area contributed by atoms with Gasteiger partial charge in [-0.3, -0.25) is 9.69 Å². The van der Waals surface area contributed by atoms with Crippen molar-refractivity contribution in [2.24, 2.45) is 5.73 Å². The van der Waals surface area contributed by atoms with Crippen molar-refractivity contribution < 1.29 is 14.7 Å². The Bertz CT molecular complexity index is 573. The second kappa shape index (κ2) is 4.78. The number of carbonyl (C=O) groups is 2. The van der Waals surface area contributed by atoms with Crippen molar-refractivity contribution in [3.63, 3.8) is 0 Å². The second-order valence-electron chi connectivity index (χ2n) is 3.85. The molecular formula is C9H8N4O3S3. The number of amides is 1. The highest BCUT2D eigenvalue weighted by atomic mass is 32.2. The SMILES string of the molecule is N[C@@H]1C(=O)N2C(C(=O)O)=C(Sc3cnns3)CS[C@@H]12. The molecule has 10 heteroatoms. The molecule has 1 amide bonds. The van der Waals surface area contributed by atoms with Crippen LogP contribution in [0.1, 0.15) is 0 Å². The Labute approximate surface area is 120 Å². The molecule has 0 unspecified atom stereocenters. The third-order valence-electron chi connectivity index (χ3n) is 2.74. The van der Waals surface area contributed by atoms with Crippen molar-refractivity contribution in [1.82, 2.24) is 14.5 Å². The summed E-state index contributed by atoms with van der Waals surface area (Å²) in [6, 6.07) is -0.601. The Hall–Kier alpha value is -1.10. The minimum Gasteiger partial charge on any atom is -0.477 e. The lowest BCUT2D eigenvalue weighted by molar-refractivity contribution is -0.147. The highest BCUT2D eigenvalue weighted by Crippen LogP contribution is 2.44. The fraction of sp³-hybridized carbons (Fsp3) is 0.333. The number of carbonyl (C=O) groups excluding carboxylic acids is 1. The number of hydrogen-bond donors (Lipinski definition) is 2. The first kappa shape index (κ1) is 12.9. The molecule has 0 saturated carbocycles. The van der Waals surface area contributed by atoms with E-state index in [1.165, 1.54) is 40.0 Å². The molecule has 1 aromatic rings. The molecule has 0 aliphatic carbocycles. The molecule has 19 heavy (non-hydrogen) atoms. The molecule has 3 heterocycles. The van der Waals surface area contributed by atoms with Gasteiger partial charge in [0, 0.05) is 10.7 Å². The number of nitrogens with zero attached hydrogens (tertiary/aromatic N) is 3. The molecule has 0 aromatic carbocycles. The summed E-state index contributed by atoms with van der Waals surface area (Å²) in [5.74, 6) is -0.924. The fourth-order valence-electron chi connectivity index (χ4n) is 1.89. The van der Waals surface area contributed by atoms with Gasteiger partial charge in [0.2, 0.25) is 5.91 Å². The summed E-state index contributed by atoms with van der Waals surface area (Å²) in [7, 11) is 0. The summed E-state index contributed by atoms with van der Waals surface area (Å²) < 4.78 is 4.52. The Kier molecular flexibility index (Phi) is 3.25. The average Bonchev–Trinajstić information content (AvgIpc) is 2.89. The zero-order chi connectivity index (χ0) is 13.6. The molecule has 3 N–H and O–H groups in total. The quantitative estimate of drug-likeness (QED) is 0.759. The number of aliphatic carboxylic acids is 1. The monoisotopic (exact) mass is 316 g/mol. The predicted octanol–water partition coefficient (Wildman–Crippen LogP) is 0.169. The van der Waals surface area contributed by atoms with Gasteiger partial charge in [-0.2, -0.15) is 0 Å². The average molecular weight is 316 g/mol. The topological polar surface area (TPSA) is 109 Å². The van der Waals surface area contributed by atoms with Gasteiger partial charge in [0.1, 0.15) is 21.3 Å². The van der Waals surface area contributed by atoms with Crippen LogP contribution in [0.4, 0.5) is 0 Å². The molecule has 100 valence electrons. The minimum atomic E-state index is -1.11. The van der Waals surface area contributed by atoms with Gasteiger partial charge in [0.05, 0.1) is 6.20 Å². The van der Waals surface area contributed by atoms with Crippen LogP contribution in [0.15, 0.2) is 21.0 Å². The summed E-state index contributed by atoms with van der Waals surface area (Å²) in [5.41, 5.74) is 5.70. The van der Waals surface area contributed by atoms with Crippen LogP contribution < -0.4 is 5.73 Å². The lowest BCUT2D eigenvalue weighted by atomic mass is 10.1.